The van der Waals surface area contributed by atoms with Crippen LogP contribution < -0.4 is 5.73 Å². The smallest absolute Gasteiger partial charge is 0.0691 e. The first-order valence-corrected chi connectivity index (χ1v) is 6.59. The molecule has 0 aliphatic rings. The fourth-order valence-electron chi connectivity index (χ4n) is 2.00. The second kappa shape index (κ2) is 5.45. The van der Waals surface area contributed by atoms with Crippen LogP contribution in [0.2, 0.25) is 0 Å². The Hall–Kier alpha value is -1.16. The lowest BCUT2D eigenvalue weighted by Crippen LogP contribution is -2.20. The van der Waals surface area contributed by atoms with Crippen molar-refractivity contribution in [2.24, 2.45) is 5.73 Å². The van der Waals surface area contributed by atoms with E-state index in [-0.39, 0.29) is 0 Å². The minimum Gasteiger partial charge on any atom is -0.326 e. The summed E-state index contributed by atoms with van der Waals surface area (Å²) in [6.07, 6.45) is 0. The van der Waals surface area contributed by atoms with Crippen LogP contribution in [0.1, 0.15) is 22.0 Å². The van der Waals surface area contributed by atoms with E-state index in [4.69, 9.17) is 5.73 Å². The maximum Gasteiger partial charge on any atom is 0.0691 e. The summed E-state index contributed by atoms with van der Waals surface area (Å²) < 4.78 is 0. The van der Waals surface area contributed by atoms with Gasteiger partial charge < -0.3 is 5.73 Å². The summed E-state index contributed by atoms with van der Waals surface area (Å²) in [6.45, 7) is 0.603. The zero-order chi connectivity index (χ0) is 12.3. The molecule has 3 heteroatoms. The maximum absolute atomic E-state index is 5.62. The second-order valence-corrected chi connectivity index (χ2v) is 5.31. The van der Waals surface area contributed by atoms with E-state index in [1.54, 1.807) is 11.3 Å². The summed E-state index contributed by atoms with van der Waals surface area (Å²) in [4.78, 5) is 3.61. The van der Waals surface area contributed by atoms with Gasteiger partial charge in [-0.15, -0.1) is 11.3 Å². The molecule has 1 atom stereocenters. The first-order valence-electron chi connectivity index (χ1n) is 5.71. The molecule has 0 saturated heterocycles. The second-order valence-electron chi connectivity index (χ2n) is 4.33. The first kappa shape index (κ1) is 12.3. The van der Waals surface area contributed by atoms with Crippen molar-refractivity contribution in [1.29, 1.82) is 0 Å². The van der Waals surface area contributed by atoms with Crippen molar-refractivity contribution in [3.05, 3.63) is 57.8 Å². The predicted molar refractivity (Wildman–Crippen MR) is 74.2 cm³/mol. The number of nitrogens with two attached hydrogens (primary N) is 1. The van der Waals surface area contributed by atoms with Gasteiger partial charge in [-0.3, -0.25) is 4.90 Å². The summed E-state index contributed by atoms with van der Waals surface area (Å²) in [5.41, 5.74) is 8.11. The number of benzene rings is 1. The zero-order valence-corrected chi connectivity index (χ0v) is 11.1. The van der Waals surface area contributed by atoms with Crippen LogP contribution in [0.25, 0.3) is 0 Å². The summed E-state index contributed by atoms with van der Waals surface area (Å²) in [5, 5.41) is 2.13. The van der Waals surface area contributed by atoms with E-state index in [1.165, 1.54) is 16.0 Å². The standard InChI is InChI=1S/C14H18N2S/c1-16(2)14(13-4-3-9-17-13)12-7-5-11(10-15)6-8-12/h3-9,14H,10,15H2,1-2H3. The summed E-state index contributed by atoms with van der Waals surface area (Å²) in [7, 11) is 4.22. The highest BCUT2D eigenvalue weighted by molar-refractivity contribution is 7.10. The molecule has 2 nitrogen and oxygen atoms in total. The molecule has 2 N–H and O–H groups in total. The third kappa shape index (κ3) is 2.75. The van der Waals surface area contributed by atoms with Crippen LogP contribution in [-0.2, 0) is 6.54 Å². The number of thiophene rings is 1. The third-order valence-electron chi connectivity index (χ3n) is 2.86. The molecule has 0 aliphatic carbocycles. The molecule has 1 aromatic carbocycles. The molecule has 1 aromatic heterocycles. The molecule has 0 spiro atoms. The van der Waals surface area contributed by atoms with Crippen LogP contribution in [0, 0.1) is 0 Å². The average molecular weight is 246 g/mol. The van der Waals surface area contributed by atoms with E-state index in [0.717, 1.165) is 0 Å². The van der Waals surface area contributed by atoms with E-state index in [9.17, 15) is 0 Å². The molecule has 0 aliphatic heterocycles. The largest absolute Gasteiger partial charge is 0.326 e. The van der Waals surface area contributed by atoms with Gasteiger partial charge in [0.15, 0.2) is 0 Å². The normalized spacial score (nSPS) is 12.9. The van der Waals surface area contributed by atoms with Gasteiger partial charge >= 0.3 is 0 Å². The average Bonchev–Trinajstić information content (AvgIpc) is 2.83. The molecule has 0 fully saturated rings. The lowest BCUT2D eigenvalue weighted by atomic mass is 10.0. The van der Waals surface area contributed by atoms with Gasteiger partial charge in [-0.2, -0.15) is 0 Å². The van der Waals surface area contributed by atoms with Gasteiger partial charge in [0.2, 0.25) is 0 Å². The molecule has 2 aromatic rings. The first-order chi connectivity index (χ1) is 8.22. The van der Waals surface area contributed by atoms with Gasteiger partial charge in [0.1, 0.15) is 0 Å². The van der Waals surface area contributed by atoms with Crippen LogP contribution in [0.4, 0.5) is 0 Å². The topological polar surface area (TPSA) is 29.3 Å². The predicted octanol–water partition coefficient (Wildman–Crippen LogP) is 2.86. The highest BCUT2D eigenvalue weighted by Gasteiger charge is 2.16. The van der Waals surface area contributed by atoms with Gasteiger partial charge in [0.05, 0.1) is 6.04 Å². The van der Waals surface area contributed by atoms with Gasteiger partial charge in [-0.05, 0) is 36.7 Å². The van der Waals surface area contributed by atoms with Crippen LogP contribution >= 0.6 is 11.3 Å². The number of rotatable bonds is 4. The lowest BCUT2D eigenvalue weighted by Gasteiger charge is -2.23. The van der Waals surface area contributed by atoms with Crippen molar-refractivity contribution in [1.82, 2.24) is 4.90 Å². The highest BCUT2D eigenvalue weighted by atomic mass is 32.1. The Balaban J connectivity index is 2.33. The Morgan fingerprint density at radius 3 is 2.35 bits per heavy atom. The minimum absolute atomic E-state index is 0.335. The van der Waals surface area contributed by atoms with E-state index < -0.39 is 0 Å². The van der Waals surface area contributed by atoms with Crippen LogP contribution in [0.3, 0.4) is 0 Å². The van der Waals surface area contributed by atoms with Gasteiger partial charge in [-0.25, -0.2) is 0 Å². The summed E-state index contributed by atoms with van der Waals surface area (Å²) in [5.74, 6) is 0. The van der Waals surface area contributed by atoms with Crippen molar-refractivity contribution < 1.29 is 0 Å². The van der Waals surface area contributed by atoms with Crippen molar-refractivity contribution >= 4 is 11.3 Å². The summed E-state index contributed by atoms with van der Waals surface area (Å²) in [6, 6.07) is 13.2. The Labute approximate surface area is 107 Å². The zero-order valence-electron chi connectivity index (χ0n) is 10.3. The third-order valence-corrected chi connectivity index (χ3v) is 3.78. The van der Waals surface area contributed by atoms with Crippen LogP contribution in [-0.4, -0.2) is 19.0 Å². The SMILES string of the molecule is CN(C)C(c1ccc(CN)cc1)c1cccs1. The highest BCUT2D eigenvalue weighted by Crippen LogP contribution is 2.29. The molecule has 0 amide bonds. The van der Waals surface area contributed by atoms with E-state index >= 15 is 0 Å². The van der Waals surface area contributed by atoms with Crippen LogP contribution in [0.5, 0.6) is 0 Å². The monoisotopic (exact) mass is 246 g/mol. The Bertz CT molecular complexity index is 446. The molecular formula is C14H18N2S. The van der Waals surface area contributed by atoms with Crippen molar-refractivity contribution in [3.63, 3.8) is 0 Å². The number of hydrogen-bond acceptors (Lipinski definition) is 3. The molecule has 2 rings (SSSR count). The van der Waals surface area contributed by atoms with Crippen LogP contribution in [0.15, 0.2) is 41.8 Å². The van der Waals surface area contributed by atoms with Crippen molar-refractivity contribution in [2.45, 2.75) is 12.6 Å². The maximum atomic E-state index is 5.62. The van der Waals surface area contributed by atoms with Crippen molar-refractivity contribution in [3.8, 4) is 0 Å². The molecular weight excluding hydrogens is 228 g/mol. The van der Waals surface area contributed by atoms with Gasteiger partial charge in [-0.1, -0.05) is 30.3 Å². The quantitative estimate of drug-likeness (QED) is 0.899. The Morgan fingerprint density at radius 2 is 1.88 bits per heavy atom. The van der Waals surface area contributed by atoms with Crippen molar-refractivity contribution in [2.75, 3.05) is 14.1 Å². The van der Waals surface area contributed by atoms with Gasteiger partial charge in [0, 0.05) is 11.4 Å². The Kier molecular flexibility index (Phi) is 3.94. The fourth-order valence-corrected chi connectivity index (χ4v) is 2.95. The molecule has 1 unspecified atom stereocenters. The van der Waals surface area contributed by atoms with Gasteiger partial charge in [0.25, 0.3) is 0 Å². The molecule has 0 saturated carbocycles. The Morgan fingerprint density at radius 1 is 1.18 bits per heavy atom. The molecule has 0 radical (unpaired) electrons. The molecule has 1 heterocycles. The number of nitrogens with zero attached hydrogens (tertiary/aromatic N) is 1. The lowest BCUT2D eigenvalue weighted by molar-refractivity contribution is 0.346. The van der Waals surface area contributed by atoms with E-state index in [2.05, 4.69) is 60.8 Å². The number of hydrogen-bond donors (Lipinski definition) is 1. The van der Waals surface area contributed by atoms with E-state index in [1.807, 2.05) is 0 Å². The summed E-state index contributed by atoms with van der Waals surface area (Å²) >= 11 is 1.80. The molecule has 0 bridgehead atoms. The van der Waals surface area contributed by atoms with E-state index in [0.29, 0.717) is 12.6 Å². The molecule has 17 heavy (non-hydrogen) atoms. The minimum atomic E-state index is 0.335. The fraction of sp³-hybridized carbons (Fsp3) is 0.286. The molecule has 90 valence electrons.